The van der Waals surface area contributed by atoms with Crippen LogP contribution in [0.1, 0.15) is 18.2 Å². The van der Waals surface area contributed by atoms with Gasteiger partial charge in [0.15, 0.2) is 5.65 Å². The van der Waals surface area contributed by atoms with E-state index in [9.17, 15) is 0 Å². The predicted molar refractivity (Wildman–Crippen MR) is 109 cm³/mol. The van der Waals surface area contributed by atoms with E-state index in [2.05, 4.69) is 49.2 Å². The fraction of sp³-hybridized carbons (Fsp3) is 0.238. The van der Waals surface area contributed by atoms with Gasteiger partial charge in [-0.15, -0.1) is 0 Å². The Kier molecular flexibility index (Phi) is 5.54. The average molecular weight is 377 g/mol. The summed E-state index contributed by atoms with van der Waals surface area (Å²) in [7, 11) is 1.94. The molecule has 0 saturated carbocycles. The molecule has 0 amide bonds. The lowest BCUT2D eigenvalue weighted by atomic mass is 10.0. The van der Waals surface area contributed by atoms with Gasteiger partial charge in [0.1, 0.15) is 5.69 Å². The van der Waals surface area contributed by atoms with Crippen molar-refractivity contribution in [2.24, 2.45) is 7.05 Å². The van der Waals surface area contributed by atoms with E-state index >= 15 is 0 Å². The van der Waals surface area contributed by atoms with Crippen LogP contribution in [0.15, 0.2) is 42.6 Å². The van der Waals surface area contributed by atoms with E-state index in [4.69, 9.17) is 14.9 Å². The standard InChI is InChI=1S/C20H21N5.CH2O2/c1-5-25-14(3)18-13(2)11-17(21-20(18)23-25)16-12-24(4)22-19(16)15-9-7-6-8-10-15;2-1-3/h6-12H,5H2,1-4H3;1H,(H,2,3). The molecule has 0 saturated heterocycles. The van der Waals surface area contributed by atoms with E-state index in [-0.39, 0.29) is 6.47 Å². The average Bonchev–Trinajstić information content (AvgIpc) is 3.23. The Balaban J connectivity index is 0.000000706. The number of aryl methyl sites for hydroxylation is 4. The van der Waals surface area contributed by atoms with E-state index < -0.39 is 0 Å². The van der Waals surface area contributed by atoms with E-state index in [0.717, 1.165) is 40.1 Å². The van der Waals surface area contributed by atoms with E-state index in [1.54, 1.807) is 0 Å². The molecule has 0 aliphatic heterocycles. The monoisotopic (exact) mass is 377 g/mol. The first-order chi connectivity index (χ1) is 13.5. The molecular formula is C21H23N5O2. The predicted octanol–water partition coefficient (Wildman–Crippen LogP) is 3.84. The Labute approximate surface area is 163 Å². The molecule has 0 aliphatic carbocycles. The smallest absolute Gasteiger partial charge is 0.290 e. The molecular weight excluding hydrogens is 354 g/mol. The Morgan fingerprint density at radius 3 is 2.46 bits per heavy atom. The highest BCUT2D eigenvalue weighted by molar-refractivity contribution is 5.87. The van der Waals surface area contributed by atoms with E-state index in [1.807, 2.05) is 40.8 Å². The number of fused-ring (bicyclic) bond motifs is 1. The Morgan fingerprint density at radius 1 is 1.14 bits per heavy atom. The third-order valence-corrected chi connectivity index (χ3v) is 4.61. The van der Waals surface area contributed by atoms with Crippen molar-refractivity contribution >= 4 is 17.5 Å². The lowest BCUT2D eigenvalue weighted by Crippen LogP contribution is -1.98. The van der Waals surface area contributed by atoms with Crippen molar-refractivity contribution < 1.29 is 9.90 Å². The van der Waals surface area contributed by atoms with Gasteiger partial charge in [0.2, 0.25) is 0 Å². The second-order valence-electron chi connectivity index (χ2n) is 6.46. The molecule has 3 aromatic heterocycles. The maximum Gasteiger partial charge on any atom is 0.290 e. The highest BCUT2D eigenvalue weighted by Gasteiger charge is 2.17. The quantitative estimate of drug-likeness (QED) is 0.548. The Morgan fingerprint density at radius 2 is 1.82 bits per heavy atom. The summed E-state index contributed by atoms with van der Waals surface area (Å²) in [6.45, 7) is 6.93. The number of pyridine rings is 1. The fourth-order valence-corrected chi connectivity index (χ4v) is 3.42. The van der Waals surface area contributed by atoms with Gasteiger partial charge in [-0.05, 0) is 32.4 Å². The van der Waals surface area contributed by atoms with Crippen LogP contribution in [0.5, 0.6) is 0 Å². The van der Waals surface area contributed by atoms with Crippen LogP contribution in [0, 0.1) is 13.8 Å². The SMILES string of the molecule is CCn1nc2nc(-c3cn(C)nc3-c3ccccc3)cc(C)c2c1C.O=CO. The number of nitrogens with zero attached hydrogens (tertiary/aromatic N) is 5. The molecule has 7 heteroatoms. The molecule has 0 unspecified atom stereocenters. The summed E-state index contributed by atoms with van der Waals surface area (Å²) < 4.78 is 3.85. The van der Waals surface area contributed by atoms with Crippen molar-refractivity contribution in [3.63, 3.8) is 0 Å². The van der Waals surface area contributed by atoms with Gasteiger partial charge in [-0.2, -0.15) is 10.2 Å². The number of benzene rings is 1. The van der Waals surface area contributed by atoms with Gasteiger partial charge in [0.05, 0.1) is 5.69 Å². The number of carbonyl (C=O) groups is 1. The lowest BCUT2D eigenvalue weighted by Gasteiger charge is -2.04. The molecule has 4 rings (SSSR count). The van der Waals surface area contributed by atoms with Gasteiger partial charge in [0, 0.05) is 42.0 Å². The molecule has 144 valence electrons. The van der Waals surface area contributed by atoms with Gasteiger partial charge in [-0.25, -0.2) is 4.98 Å². The van der Waals surface area contributed by atoms with Crippen LogP contribution in [-0.4, -0.2) is 36.1 Å². The summed E-state index contributed by atoms with van der Waals surface area (Å²) in [5.74, 6) is 0. The molecule has 7 nitrogen and oxygen atoms in total. The molecule has 1 N–H and O–H groups in total. The van der Waals surface area contributed by atoms with Crippen molar-refractivity contribution in [3.05, 3.63) is 53.9 Å². The number of carboxylic acid groups (broad SMARTS) is 1. The van der Waals surface area contributed by atoms with Crippen LogP contribution >= 0.6 is 0 Å². The van der Waals surface area contributed by atoms with Crippen molar-refractivity contribution in [1.29, 1.82) is 0 Å². The van der Waals surface area contributed by atoms with Crippen LogP contribution in [0.25, 0.3) is 33.5 Å². The van der Waals surface area contributed by atoms with E-state index in [0.29, 0.717) is 0 Å². The van der Waals surface area contributed by atoms with Gasteiger partial charge < -0.3 is 5.11 Å². The zero-order chi connectivity index (χ0) is 20.3. The Bertz CT molecular complexity index is 1110. The number of aromatic nitrogens is 5. The molecule has 0 bridgehead atoms. The van der Waals surface area contributed by atoms with Gasteiger partial charge in [0.25, 0.3) is 6.47 Å². The summed E-state index contributed by atoms with van der Waals surface area (Å²) in [4.78, 5) is 13.2. The van der Waals surface area contributed by atoms with Crippen molar-refractivity contribution in [2.75, 3.05) is 0 Å². The topological polar surface area (TPSA) is 85.8 Å². The van der Waals surface area contributed by atoms with Crippen LogP contribution in [-0.2, 0) is 18.4 Å². The normalized spacial score (nSPS) is 10.6. The number of rotatable bonds is 3. The summed E-state index contributed by atoms with van der Waals surface area (Å²) in [5, 5.41) is 17.4. The number of hydrogen-bond acceptors (Lipinski definition) is 4. The first kappa shape index (κ1) is 19.3. The highest BCUT2D eigenvalue weighted by Crippen LogP contribution is 2.32. The first-order valence-electron chi connectivity index (χ1n) is 9.02. The van der Waals surface area contributed by atoms with E-state index in [1.165, 1.54) is 11.3 Å². The third kappa shape index (κ3) is 3.51. The number of hydrogen-bond donors (Lipinski definition) is 1. The molecule has 1 aromatic carbocycles. The van der Waals surface area contributed by atoms with Crippen LogP contribution in [0.4, 0.5) is 0 Å². The maximum absolute atomic E-state index is 8.36. The zero-order valence-corrected chi connectivity index (χ0v) is 16.4. The molecule has 0 spiro atoms. The molecule has 4 aromatic rings. The summed E-state index contributed by atoms with van der Waals surface area (Å²) >= 11 is 0. The third-order valence-electron chi connectivity index (χ3n) is 4.61. The first-order valence-corrected chi connectivity index (χ1v) is 9.02. The Hall–Kier alpha value is -3.48. The van der Waals surface area contributed by atoms with Crippen molar-refractivity contribution in [3.8, 4) is 22.5 Å². The van der Waals surface area contributed by atoms with Crippen LogP contribution < -0.4 is 0 Å². The van der Waals surface area contributed by atoms with Crippen LogP contribution in [0.2, 0.25) is 0 Å². The molecule has 0 aliphatic rings. The highest BCUT2D eigenvalue weighted by atomic mass is 16.3. The minimum atomic E-state index is -0.250. The molecule has 0 atom stereocenters. The summed E-state index contributed by atoms with van der Waals surface area (Å²) in [5.41, 5.74) is 7.15. The summed E-state index contributed by atoms with van der Waals surface area (Å²) in [6.07, 6.45) is 2.03. The largest absolute Gasteiger partial charge is 0.483 e. The minimum absolute atomic E-state index is 0.250. The zero-order valence-electron chi connectivity index (χ0n) is 16.4. The molecule has 0 radical (unpaired) electrons. The van der Waals surface area contributed by atoms with Crippen molar-refractivity contribution in [1.82, 2.24) is 24.5 Å². The second kappa shape index (κ2) is 8.04. The maximum atomic E-state index is 8.36. The molecule has 0 fully saturated rings. The minimum Gasteiger partial charge on any atom is -0.483 e. The van der Waals surface area contributed by atoms with Crippen LogP contribution in [0.3, 0.4) is 0 Å². The molecule has 28 heavy (non-hydrogen) atoms. The second-order valence-corrected chi connectivity index (χ2v) is 6.46. The fourth-order valence-electron chi connectivity index (χ4n) is 3.42. The summed E-state index contributed by atoms with van der Waals surface area (Å²) in [6, 6.07) is 12.4. The van der Waals surface area contributed by atoms with Gasteiger partial charge in [-0.1, -0.05) is 30.3 Å². The van der Waals surface area contributed by atoms with Gasteiger partial charge >= 0.3 is 0 Å². The van der Waals surface area contributed by atoms with Crippen molar-refractivity contribution in [2.45, 2.75) is 27.3 Å². The lowest BCUT2D eigenvalue weighted by molar-refractivity contribution is -0.122. The molecule has 3 heterocycles. The van der Waals surface area contributed by atoms with Gasteiger partial charge in [-0.3, -0.25) is 14.2 Å².